The van der Waals surface area contributed by atoms with E-state index in [4.69, 9.17) is 17.0 Å². The molecule has 0 aliphatic heterocycles. The average molecular weight is 475 g/mol. The SMILES string of the molecule is COc1ccc(NC(=S)NNC(=O)c2cc(Br)c(O)c(Br)c2)cc1. The Morgan fingerprint density at radius 3 is 2.25 bits per heavy atom. The zero-order valence-electron chi connectivity index (χ0n) is 12.4. The molecule has 0 saturated carbocycles. The predicted molar refractivity (Wildman–Crippen MR) is 103 cm³/mol. The van der Waals surface area contributed by atoms with Gasteiger partial charge in [0.25, 0.3) is 5.91 Å². The first-order valence-corrected chi connectivity index (χ1v) is 8.59. The highest BCUT2D eigenvalue weighted by Gasteiger charge is 2.12. The van der Waals surface area contributed by atoms with Crippen LogP contribution in [0.2, 0.25) is 0 Å². The molecule has 24 heavy (non-hydrogen) atoms. The van der Waals surface area contributed by atoms with Crippen molar-refractivity contribution in [3.05, 3.63) is 50.9 Å². The molecule has 0 radical (unpaired) electrons. The van der Waals surface area contributed by atoms with E-state index in [-0.39, 0.29) is 10.9 Å². The second-order valence-corrected chi connectivity index (χ2v) is 6.67. The van der Waals surface area contributed by atoms with Gasteiger partial charge < -0.3 is 15.2 Å². The highest BCUT2D eigenvalue weighted by molar-refractivity contribution is 9.11. The smallest absolute Gasteiger partial charge is 0.269 e. The summed E-state index contributed by atoms with van der Waals surface area (Å²) in [5, 5.41) is 12.8. The molecular formula is C15H13Br2N3O3S. The maximum Gasteiger partial charge on any atom is 0.269 e. The van der Waals surface area contributed by atoms with Crippen LogP contribution in [0.15, 0.2) is 45.3 Å². The molecule has 126 valence electrons. The lowest BCUT2D eigenvalue weighted by Gasteiger charge is -2.12. The first-order valence-electron chi connectivity index (χ1n) is 6.60. The standard InChI is InChI=1S/C15H13Br2N3O3S/c1-23-10-4-2-9(3-5-10)18-15(24)20-19-14(22)8-6-11(16)13(21)12(17)7-8/h2-7,21H,1H3,(H,19,22)(H2,18,20,24). The molecule has 1 amide bonds. The van der Waals surface area contributed by atoms with Crippen LogP contribution in [0.1, 0.15) is 10.4 Å². The number of hydrogen-bond acceptors (Lipinski definition) is 4. The molecule has 0 heterocycles. The van der Waals surface area contributed by atoms with E-state index >= 15 is 0 Å². The molecule has 0 bridgehead atoms. The molecule has 2 rings (SSSR count). The van der Waals surface area contributed by atoms with Crippen molar-refractivity contribution in [3.63, 3.8) is 0 Å². The number of thiocarbonyl (C=S) groups is 1. The van der Waals surface area contributed by atoms with Crippen molar-refractivity contribution < 1.29 is 14.6 Å². The van der Waals surface area contributed by atoms with Gasteiger partial charge in [-0.2, -0.15) is 0 Å². The summed E-state index contributed by atoms with van der Waals surface area (Å²) in [7, 11) is 1.59. The fourth-order valence-corrected chi connectivity index (χ4v) is 3.07. The fourth-order valence-electron chi connectivity index (χ4n) is 1.72. The van der Waals surface area contributed by atoms with E-state index in [1.165, 1.54) is 12.1 Å². The zero-order valence-corrected chi connectivity index (χ0v) is 16.4. The van der Waals surface area contributed by atoms with Crippen LogP contribution in [0.4, 0.5) is 5.69 Å². The number of benzene rings is 2. The Balaban J connectivity index is 1.92. The second-order valence-electron chi connectivity index (χ2n) is 4.55. The Labute approximate surface area is 160 Å². The second kappa shape index (κ2) is 8.32. The minimum Gasteiger partial charge on any atom is -0.506 e. The zero-order chi connectivity index (χ0) is 17.7. The summed E-state index contributed by atoms with van der Waals surface area (Å²) >= 11 is 11.5. The molecule has 0 aromatic heterocycles. The van der Waals surface area contributed by atoms with Crippen LogP contribution in [0, 0.1) is 0 Å². The van der Waals surface area contributed by atoms with E-state index in [2.05, 4.69) is 48.0 Å². The molecule has 6 nitrogen and oxygen atoms in total. The number of hydrazine groups is 1. The normalized spacial score (nSPS) is 9.96. The summed E-state index contributed by atoms with van der Waals surface area (Å²) in [6, 6.07) is 10.2. The number of carbonyl (C=O) groups is 1. The highest BCUT2D eigenvalue weighted by atomic mass is 79.9. The lowest BCUT2D eigenvalue weighted by molar-refractivity contribution is 0.0944. The van der Waals surface area contributed by atoms with Gasteiger partial charge in [-0.05, 0) is 80.5 Å². The number of methoxy groups -OCH3 is 1. The van der Waals surface area contributed by atoms with Gasteiger partial charge in [0.1, 0.15) is 11.5 Å². The van der Waals surface area contributed by atoms with Gasteiger partial charge in [-0.1, -0.05) is 0 Å². The molecule has 0 saturated heterocycles. The third-order valence-corrected chi connectivity index (χ3v) is 4.33. The fraction of sp³-hybridized carbons (Fsp3) is 0.0667. The number of aromatic hydroxyl groups is 1. The van der Waals surface area contributed by atoms with Crippen LogP contribution in [-0.2, 0) is 0 Å². The summed E-state index contributed by atoms with van der Waals surface area (Å²) in [6.07, 6.45) is 0. The van der Waals surface area contributed by atoms with Crippen molar-refractivity contribution in [1.82, 2.24) is 10.9 Å². The van der Waals surface area contributed by atoms with E-state index in [1.54, 1.807) is 31.4 Å². The lowest BCUT2D eigenvalue weighted by atomic mass is 10.2. The number of hydrogen-bond donors (Lipinski definition) is 4. The van der Waals surface area contributed by atoms with Crippen molar-refractivity contribution in [2.24, 2.45) is 0 Å². The number of amides is 1. The Hall–Kier alpha value is -1.84. The van der Waals surface area contributed by atoms with Crippen LogP contribution in [-0.4, -0.2) is 23.2 Å². The molecule has 0 atom stereocenters. The van der Waals surface area contributed by atoms with Gasteiger partial charge >= 0.3 is 0 Å². The number of rotatable bonds is 3. The summed E-state index contributed by atoms with van der Waals surface area (Å²) in [6.45, 7) is 0. The van der Waals surface area contributed by atoms with Crippen molar-refractivity contribution >= 4 is 60.8 Å². The third-order valence-electron chi connectivity index (χ3n) is 2.92. The molecular weight excluding hydrogens is 462 g/mol. The lowest BCUT2D eigenvalue weighted by Crippen LogP contribution is -2.43. The molecule has 2 aromatic rings. The van der Waals surface area contributed by atoms with Crippen LogP contribution in [0.25, 0.3) is 0 Å². The van der Waals surface area contributed by atoms with Gasteiger partial charge in [-0.25, -0.2) is 0 Å². The van der Waals surface area contributed by atoms with Crippen LogP contribution < -0.4 is 20.9 Å². The van der Waals surface area contributed by atoms with Crippen LogP contribution in [0.5, 0.6) is 11.5 Å². The molecule has 9 heteroatoms. The number of halogens is 2. The van der Waals surface area contributed by atoms with Crippen LogP contribution in [0.3, 0.4) is 0 Å². The number of phenols is 1. The minimum atomic E-state index is -0.407. The molecule has 2 aromatic carbocycles. The Morgan fingerprint density at radius 1 is 1.12 bits per heavy atom. The third kappa shape index (κ3) is 4.83. The first-order chi connectivity index (χ1) is 11.4. The van der Waals surface area contributed by atoms with Crippen molar-refractivity contribution in [3.8, 4) is 11.5 Å². The van der Waals surface area contributed by atoms with Gasteiger partial charge in [0.15, 0.2) is 5.11 Å². The number of carbonyl (C=O) groups excluding carboxylic acids is 1. The number of phenolic OH excluding ortho intramolecular Hbond substituents is 1. The predicted octanol–water partition coefficient (Wildman–Crippen LogP) is 3.56. The van der Waals surface area contributed by atoms with Gasteiger partial charge in [0.05, 0.1) is 16.1 Å². The summed E-state index contributed by atoms with van der Waals surface area (Å²) in [4.78, 5) is 12.1. The van der Waals surface area contributed by atoms with E-state index in [1.807, 2.05) is 0 Å². The quantitative estimate of drug-likeness (QED) is 0.402. The van der Waals surface area contributed by atoms with Gasteiger partial charge in [-0.15, -0.1) is 0 Å². The van der Waals surface area contributed by atoms with Gasteiger partial charge in [0.2, 0.25) is 0 Å². The van der Waals surface area contributed by atoms with E-state index in [9.17, 15) is 9.90 Å². The van der Waals surface area contributed by atoms with Gasteiger partial charge in [0, 0.05) is 11.3 Å². The Kier molecular flexibility index (Phi) is 6.41. The molecule has 0 unspecified atom stereocenters. The molecule has 0 aliphatic carbocycles. The molecule has 0 spiro atoms. The number of ether oxygens (including phenoxy) is 1. The topological polar surface area (TPSA) is 82.6 Å². The van der Waals surface area contributed by atoms with Crippen molar-refractivity contribution in [2.75, 3.05) is 12.4 Å². The molecule has 4 N–H and O–H groups in total. The van der Waals surface area contributed by atoms with E-state index in [0.717, 1.165) is 11.4 Å². The van der Waals surface area contributed by atoms with E-state index in [0.29, 0.717) is 14.5 Å². The molecule has 0 fully saturated rings. The average Bonchev–Trinajstić information content (AvgIpc) is 2.57. The number of nitrogens with one attached hydrogen (secondary N) is 3. The maximum atomic E-state index is 12.1. The monoisotopic (exact) mass is 473 g/mol. The molecule has 0 aliphatic rings. The minimum absolute atomic E-state index is 0.0243. The summed E-state index contributed by atoms with van der Waals surface area (Å²) in [5.74, 6) is 0.350. The van der Waals surface area contributed by atoms with Gasteiger partial charge in [-0.3, -0.25) is 15.6 Å². The summed E-state index contributed by atoms with van der Waals surface area (Å²) < 4.78 is 5.88. The van der Waals surface area contributed by atoms with Crippen molar-refractivity contribution in [2.45, 2.75) is 0 Å². The Bertz CT molecular complexity index is 746. The first kappa shape index (κ1) is 18.5. The highest BCUT2D eigenvalue weighted by Crippen LogP contribution is 2.33. The van der Waals surface area contributed by atoms with E-state index < -0.39 is 5.91 Å². The number of anilines is 1. The maximum absolute atomic E-state index is 12.1. The Morgan fingerprint density at radius 2 is 1.71 bits per heavy atom. The summed E-state index contributed by atoms with van der Waals surface area (Å²) in [5.41, 5.74) is 6.17. The largest absolute Gasteiger partial charge is 0.506 e. The van der Waals surface area contributed by atoms with Crippen LogP contribution >= 0.6 is 44.1 Å². The van der Waals surface area contributed by atoms with Crippen molar-refractivity contribution in [1.29, 1.82) is 0 Å².